The molecule has 1 aromatic heterocycles. The molecule has 0 N–H and O–H groups in total. The summed E-state index contributed by atoms with van der Waals surface area (Å²) in [5.74, 6) is 3.48. The van der Waals surface area contributed by atoms with E-state index < -0.39 is 0 Å². The van der Waals surface area contributed by atoms with Crippen LogP contribution in [0, 0.1) is 5.92 Å². The van der Waals surface area contributed by atoms with Crippen LogP contribution < -0.4 is 9.47 Å². The second-order valence-corrected chi connectivity index (χ2v) is 7.96. The molecule has 148 valence electrons. The maximum Gasteiger partial charge on any atom is 0.231 e. The van der Waals surface area contributed by atoms with Gasteiger partial charge < -0.3 is 18.9 Å². The Hall–Kier alpha value is -2.57. The number of aromatic nitrogens is 2. The maximum absolute atomic E-state index is 12.7. The number of carbonyl (C=O) groups excluding carboxylic acids is 1. The molecular formula is C21H25N3O4. The predicted molar refractivity (Wildman–Crippen MR) is 101 cm³/mol. The van der Waals surface area contributed by atoms with Crippen LogP contribution in [0.5, 0.6) is 11.5 Å². The van der Waals surface area contributed by atoms with E-state index in [0.717, 1.165) is 50.1 Å². The van der Waals surface area contributed by atoms with E-state index in [4.69, 9.17) is 14.0 Å². The van der Waals surface area contributed by atoms with Gasteiger partial charge in [-0.25, -0.2) is 0 Å². The molecule has 0 spiro atoms. The number of nitrogens with zero attached hydrogens (tertiary/aromatic N) is 3. The number of ether oxygens (including phenoxy) is 2. The molecule has 0 unspecified atom stereocenters. The summed E-state index contributed by atoms with van der Waals surface area (Å²) < 4.78 is 16.3. The molecule has 1 amide bonds. The molecule has 2 aromatic rings. The Kier molecular flexibility index (Phi) is 4.66. The lowest BCUT2D eigenvalue weighted by atomic mass is 9.87. The van der Waals surface area contributed by atoms with E-state index in [2.05, 4.69) is 10.1 Å². The van der Waals surface area contributed by atoms with Crippen LogP contribution in [0.15, 0.2) is 22.7 Å². The third-order valence-corrected chi connectivity index (χ3v) is 6.18. The van der Waals surface area contributed by atoms with E-state index in [1.54, 1.807) is 0 Å². The summed E-state index contributed by atoms with van der Waals surface area (Å²) >= 11 is 0. The van der Waals surface area contributed by atoms with Crippen LogP contribution in [-0.2, 0) is 4.79 Å². The van der Waals surface area contributed by atoms with Crippen molar-refractivity contribution in [1.29, 1.82) is 0 Å². The number of rotatable bonds is 3. The van der Waals surface area contributed by atoms with Gasteiger partial charge in [-0.3, -0.25) is 4.79 Å². The third-order valence-electron chi connectivity index (χ3n) is 6.18. The minimum Gasteiger partial charge on any atom is -0.454 e. The molecule has 5 rings (SSSR count). The fourth-order valence-corrected chi connectivity index (χ4v) is 4.51. The quantitative estimate of drug-likeness (QED) is 0.803. The molecule has 2 fully saturated rings. The van der Waals surface area contributed by atoms with Gasteiger partial charge in [0.2, 0.25) is 24.4 Å². The van der Waals surface area contributed by atoms with Crippen molar-refractivity contribution >= 4 is 5.91 Å². The molecule has 28 heavy (non-hydrogen) atoms. The molecule has 7 nitrogen and oxygen atoms in total. The average Bonchev–Trinajstić information content (AvgIpc) is 3.43. The van der Waals surface area contributed by atoms with E-state index in [1.165, 1.54) is 19.3 Å². The van der Waals surface area contributed by atoms with Crippen LogP contribution in [0.4, 0.5) is 0 Å². The Bertz CT molecular complexity index is 851. The molecule has 0 radical (unpaired) electrons. The molecule has 2 aliphatic heterocycles. The molecule has 3 heterocycles. The lowest BCUT2D eigenvalue weighted by Gasteiger charge is -2.34. The minimum absolute atomic E-state index is 0.214. The molecule has 0 bridgehead atoms. The van der Waals surface area contributed by atoms with Crippen molar-refractivity contribution in [2.45, 2.75) is 50.9 Å². The summed E-state index contributed by atoms with van der Waals surface area (Å²) in [7, 11) is 0. The second kappa shape index (κ2) is 7.45. The lowest BCUT2D eigenvalue weighted by molar-refractivity contribution is -0.137. The summed E-state index contributed by atoms with van der Waals surface area (Å²) in [6.45, 7) is 1.80. The van der Waals surface area contributed by atoms with Crippen molar-refractivity contribution in [3.8, 4) is 22.9 Å². The topological polar surface area (TPSA) is 77.7 Å². The van der Waals surface area contributed by atoms with Crippen LogP contribution in [0.25, 0.3) is 11.4 Å². The first kappa shape index (κ1) is 17.5. The molecule has 7 heteroatoms. The van der Waals surface area contributed by atoms with Crippen molar-refractivity contribution < 1.29 is 18.8 Å². The highest BCUT2D eigenvalue weighted by Crippen LogP contribution is 2.36. The summed E-state index contributed by atoms with van der Waals surface area (Å²) in [5, 5.41) is 4.15. The fourth-order valence-electron chi connectivity index (χ4n) is 4.51. The third kappa shape index (κ3) is 3.34. The molecule has 3 aliphatic rings. The predicted octanol–water partition coefficient (Wildman–Crippen LogP) is 3.75. The summed E-state index contributed by atoms with van der Waals surface area (Å²) in [4.78, 5) is 19.4. The van der Waals surface area contributed by atoms with Gasteiger partial charge in [0, 0.05) is 30.5 Å². The summed E-state index contributed by atoms with van der Waals surface area (Å²) in [6, 6.07) is 5.65. The van der Waals surface area contributed by atoms with Gasteiger partial charge in [0.1, 0.15) is 0 Å². The smallest absolute Gasteiger partial charge is 0.231 e. The SMILES string of the molecule is O=C(C1CCCCC1)N1CCC(c2nc(-c3ccc4c(c3)OCO4)no2)CC1. The number of hydrogen-bond acceptors (Lipinski definition) is 6. The zero-order valence-corrected chi connectivity index (χ0v) is 15.9. The van der Waals surface area contributed by atoms with Gasteiger partial charge in [-0.15, -0.1) is 0 Å². The first-order valence-electron chi connectivity index (χ1n) is 10.3. The van der Waals surface area contributed by atoms with Crippen molar-refractivity contribution in [3.05, 3.63) is 24.1 Å². The van der Waals surface area contributed by atoms with Gasteiger partial charge in [-0.2, -0.15) is 4.98 Å². The standard InChI is InChI=1S/C21H25N3O4/c25-21(15-4-2-1-3-5-15)24-10-8-14(9-11-24)20-22-19(23-28-20)16-6-7-17-18(12-16)27-13-26-17/h6-7,12,14-15H,1-5,8-11,13H2. The summed E-state index contributed by atoms with van der Waals surface area (Å²) in [5.41, 5.74) is 0.851. The van der Waals surface area contributed by atoms with E-state index in [1.807, 2.05) is 23.1 Å². The Labute approximate surface area is 164 Å². The van der Waals surface area contributed by atoms with Crippen molar-refractivity contribution in [2.75, 3.05) is 19.9 Å². The lowest BCUT2D eigenvalue weighted by Crippen LogP contribution is -2.41. The van der Waals surface area contributed by atoms with Crippen LogP contribution in [0.2, 0.25) is 0 Å². The van der Waals surface area contributed by atoms with E-state index in [9.17, 15) is 4.79 Å². The number of piperidine rings is 1. The first-order valence-corrected chi connectivity index (χ1v) is 10.3. The largest absolute Gasteiger partial charge is 0.454 e. The molecule has 1 aliphatic carbocycles. The Balaban J connectivity index is 1.22. The highest BCUT2D eigenvalue weighted by atomic mass is 16.7. The molecule has 1 saturated heterocycles. The van der Waals surface area contributed by atoms with Gasteiger partial charge in [0.15, 0.2) is 11.5 Å². The molecule has 0 atom stereocenters. The van der Waals surface area contributed by atoms with Crippen LogP contribution in [0.1, 0.15) is 56.8 Å². The maximum atomic E-state index is 12.7. The number of likely N-dealkylation sites (tertiary alicyclic amines) is 1. The van der Waals surface area contributed by atoms with E-state index >= 15 is 0 Å². The first-order chi connectivity index (χ1) is 13.8. The van der Waals surface area contributed by atoms with Gasteiger partial charge in [0.25, 0.3) is 0 Å². The van der Waals surface area contributed by atoms with Crippen molar-refractivity contribution in [1.82, 2.24) is 15.0 Å². The van der Waals surface area contributed by atoms with Gasteiger partial charge in [0.05, 0.1) is 0 Å². The average molecular weight is 383 g/mol. The van der Waals surface area contributed by atoms with Gasteiger partial charge in [-0.05, 0) is 43.9 Å². The highest BCUT2D eigenvalue weighted by molar-refractivity contribution is 5.79. The van der Waals surface area contributed by atoms with E-state index in [0.29, 0.717) is 23.4 Å². The number of fused-ring (bicyclic) bond motifs is 1. The van der Waals surface area contributed by atoms with Crippen LogP contribution in [-0.4, -0.2) is 40.8 Å². The van der Waals surface area contributed by atoms with Crippen LogP contribution >= 0.6 is 0 Å². The Morgan fingerprint density at radius 1 is 1.00 bits per heavy atom. The van der Waals surface area contributed by atoms with E-state index in [-0.39, 0.29) is 18.6 Å². The zero-order chi connectivity index (χ0) is 18.9. The molecule has 1 aromatic carbocycles. The van der Waals surface area contributed by atoms with Crippen LogP contribution in [0.3, 0.4) is 0 Å². The normalized spacial score (nSPS) is 20.5. The monoisotopic (exact) mass is 383 g/mol. The molecular weight excluding hydrogens is 358 g/mol. The van der Waals surface area contributed by atoms with Gasteiger partial charge >= 0.3 is 0 Å². The summed E-state index contributed by atoms with van der Waals surface area (Å²) in [6.07, 6.45) is 7.52. The number of hydrogen-bond donors (Lipinski definition) is 0. The minimum atomic E-state index is 0.214. The Morgan fingerprint density at radius 3 is 2.61 bits per heavy atom. The van der Waals surface area contributed by atoms with Crippen molar-refractivity contribution in [3.63, 3.8) is 0 Å². The number of carbonyl (C=O) groups is 1. The molecule has 1 saturated carbocycles. The van der Waals surface area contributed by atoms with Crippen molar-refractivity contribution in [2.24, 2.45) is 5.92 Å². The Morgan fingerprint density at radius 2 is 1.79 bits per heavy atom. The zero-order valence-electron chi connectivity index (χ0n) is 15.9. The number of amides is 1. The highest BCUT2D eigenvalue weighted by Gasteiger charge is 2.31. The second-order valence-electron chi connectivity index (χ2n) is 7.96. The fraction of sp³-hybridized carbons (Fsp3) is 0.571. The number of benzene rings is 1. The van der Waals surface area contributed by atoms with Gasteiger partial charge in [-0.1, -0.05) is 24.4 Å².